The summed E-state index contributed by atoms with van der Waals surface area (Å²) < 4.78 is 130. The van der Waals surface area contributed by atoms with E-state index in [4.69, 9.17) is 0 Å². The van der Waals surface area contributed by atoms with Gasteiger partial charge < -0.3 is 0 Å². The van der Waals surface area contributed by atoms with E-state index in [-0.39, 0.29) is 0 Å². The minimum absolute atomic E-state index is 3.48. The highest BCUT2D eigenvalue weighted by molar-refractivity contribution is 6.24. The lowest BCUT2D eigenvalue weighted by Crippen LogP contribution is -2.64. The monoisotopic (exact) mass is 304 g/mol. The van der Waals surface area contributed by atoms with E-state index in [2.05, 4.69) is 11.6 Å². The van der Waals surface area contributed by atoms with Gasteiger partial charge >= 0.3 is 29.3 Å². The summed E-state index contributed by atoms with van der Waals surface area (Å²) in [5, 5.41) is -6.68. The van der Waals surface area contributed by atoms with E-state index in [0.717, 1.165) is 0 Å². The fourth-order valence-corrected chi connectivity index (χ4v) is 0.767. The lowest BCUT2D eigenvalue weighted by atomic mass is 10.1. The lowest BCUT2D eigenvalue weighted by Gasteiger charge is -2.35. The van der Waals surface area contributed by atoms with Crippen LogP contribution in [0.25, 0.3) is 0 Å². The summed E-state index contributed by atoms with van der Waals surface area (Å²) in [5.74, 6) is -14.2. The Morgan fingerprint density at radius 1 is 0.471 bits per heavy atom. The van der Waals surface area contributed by atoms with E-state index >= 15 is 0 Å². The molecule has 12 heteroatoms. The lowest BCUT2D eigenvalue weighted by molar-refractivity contribution is -0.384. The van der Waals surface area contributed by atoms with Gasteiger partial charge in [-0.1, -0.05) is 11.6 Å². The molecule has 0 amide bonds. The number of hydrogen-bond donors (Lipinski definition) is 0. The van der Waals surface area contributed by atoms with Crippen LogP contribution in [0.5, 0.6) is 0 Å². The van der Waals surface area contributed by atoms with Crippen LogP contribution in [-0.4, -0.2) is 29.3 Å². The largest absolute Gasteiger partial charge is 0.458 e. The highest BCUT2D eigenvalue weighted by atomic mass is 35.5. The Bertz CT molecular complexity index is 255. The molecule has 0 aliphatic rings. The summed E-state index contributed by atoms with van der Waals surface area (Å²) in [7, 11) is 0. The Morgan fingerprint density at radius 2 is 0.647 bits per heavy atom. The van der Waals surface area contributed by atoms with Gasteiger partial charge in [0.15, 0.2) is 0 Å². The molecule has 0 heterocycles. The van der Waals surface area contributed by atoms with Crippen molar-refractivity contribution in [2.24, 2.45) is 0 Å². The first kappa shape index (κ1) is 16.5. The number of rotatable bonds is 2. The summed E-state index contributed by atoms with van der Waals surface area (Å²) >= 11 is 3.48. The van der Waals surface area contributed by atoms with Crippen LogP contribution in [0.2, 0.25) is 0 Å². The maximum absolute atomic E-state index is 12.5. The van der Waals surface area contributed by atoms with E-state index in [1.165, 1.54) is 0 Å². The minimum atomic E-state index is -7.10. The molecule has 0 aromatic carbocycles. The van der Waals surface area contributed by atoms with Gasteiger partial charge in [0.25, 0.3) is 0 Å². The first-order valence-electron chi connectivity index (χ1n) is 3.27. The zero-order valence-electron chi connectivity index (χ0n) is 7.04. The van der Waals surface area contributed by atoms with E-state index in [1.54, 1.807) is 0 Å². The van der Waals surface area contributed by atoms with E-state index < -0.39 is 29.3 Å². The van der Waals surface area contributed by atoms with Crippen LogP contribution >= 0.6 is 11.6 Å². The van der Waals surface area contributed by atoms with Crippen LogP contribution < -0.4 is 0 Å². The molecule has 0 aromatic heterocycles. The minimum Gasteiger partial charge on any atom is -0.212 e. The van der Waals surface area contributed by atoms with Crippen LogP contribution in [0.3, 0.4) is 0 Å². The van der Waals surface area contributed by atoms with Crippen molar-refractivity contribution in [1.82, 2.24) is 0 Å². The van der Waals surface area contributed by atoms with Crippen LogP contribution in [-0.2, 0) is 0 Å². The first-order chi connectivity index (χ1) is 7.00. The first-order valence-corrected chi connectivity index (χ1v) is 3.65. The van der Waals surface area contributed by atoms with Gasteiger partial charge in [0.1, 0.15) is 0 Å². The highest BCUT2D eigenvalue weighted by Gasteiger charge is 2.86. The zero-order chi connectivity index (χ0) is 14.5. The van der Waals surface area contributed by atoms with E-state index in [0.29, 0.717) is 0 Å². The van der Waals surface area contributed by atoms with Crippen molar-refractivity contribution in [3.63, 3.8) is 0 Å². The van der Waals surface area contributed by atoms with Crippen LogP contribution in [0, 0.1) is 0 Å². The van der Waals surface area contributed by atoms with Crippen molar-refractivity contribution in [1.29, 1.82) is 0 Å². The smallest absolute Gasteiger partial charge is 0.212 e. The van der Waals surface area contributed by atoms with Crippen molar-refractivity contribution >= 4 is 11.6 Å². The Labute approximate surface area is 90.3 Å². The van der Waals surface area contributed by atoms with Crippen LogP contribution in [0.1, 0.15) is 0 Å². The zero-order valence-corrected chi connectivity index (χ0v) is 7.79. The van der Waals surface area contributed by atoms with Crippen LogP contribution in [0.15, 0.2) is 0 Å². The van der Waals surface area contributed by atoms with Gasteiger partial charge in [0.2, 0.25) is 0 Å². The van der Waals surface area contributed by atoms with Gasteiger partial charge in [-0.05, 0) is 0 Å². The summed E-state index contributed by atoms with van der Waals surface area (Å²) in [6.07, 6.45) is -14.0. The van der Waals surface area contributed by atoms with E-state index in [9.17, 15) is 48.3 Å². The van der Waals surface area contributed by atoms with Gasteiger partial charge in [-0.25, -0.2) is 4.39 Å². The molecule has 104 valence electrons. The molecule has 0 unspecified atom stereocenters. The maximum atomic E-state index is 12.5. The number of hydrogen-bond acceptors (Lipinski definition) is 0. The van der Waals surface area contributed by atoms with Crippen molar-refractivity contribution in [2.75, 3.05) is 0 Å². The molecule has 0 fully saturated rings. The predicted octanol–water partition coefficient (Wildman–Crippen LogP) is 4.29. The third kappa shape index (κ3) is 2.25. The molecule has 0 aliphatic carbocycles. The molecule has 0 aliphatic heterocycles. The molecular formula is C5ClF11. The molecular weight excluding hydrogens is 304 g/mol. The van der Waals surface area contributed by atoms with Crippen LogP contribution in [0.4, 0.5) is 48.3 Å². The number of alkyl halides is 12. The summed E-state index contributed by atoms with van der Waals surface area (Å²) in [6, 6.07) is 0. The second-order valence-corrected chi connectivity index (χ2v) is 3.24. The third-order valence-electron chi connectivity index (χ3n) is 1.50. The molecule has 0 aromatic rings. The molecule has 0 saturated heterocycles. The topological polar surface area (TPSA) is 0 Å². The van der Waals surface area contributed by atoms with Crippen molar-refractivity contribution in [2.45, 2.75) is 29.3 Å². The molecule has 0 nitrogen and oxygen atoms in total. The molecule has 0 rings (SSSR count). The Kier molecular flexibility index (Phi) is 3.65. The Morgan fingerprint density at radius 3 is 0.765 bits per heavy atom. The molecule has 0 radical (unpaired) electrons. The Balaban J connectivity index is 5.73. The second-order valence-electron chi connectivity index (χ2n) is 2.72. The molecule has 0 saturated carbocycles. The van der Waals surface area contributed by atoms with Gasteiger partial charge in [-0.3, -0.25) is 0 Å². The van der Waals surface area contributed by atoms with Gasteiger partial charge in [0, 0.05) is 0 Å². The predicted molar refractivity (Wildman–Crippen MR) is 31.7 cm³/mol. The number of halogens is 12. The van der Waals surface area contributed by atoms with Gasteiger partial charge in [-0.2, -0.15) is 43.9 Å². The summed E-state index contributed by atoms with van der Waals surface area (Å²) in [5.41, 5.74) is 0. The summed E-state index contributed by atoms with van der Waals surface area (Å²) in [4.78, 5) is 0. The van der Waals surface area contributed by atoms with Crippen molar-refractivity contribution < 1.29 is 48.3 Å². The van der Waals surface area contributed by atoms with E-state index in [1.807, 2.05) is 0 Å². The molecule has 0 N–H and O–H groups in total. The normalized spacial score (nSPS) is 16.2. The molecule has 0 atom stereocenters. The molecule has 17 heavy (non-hydrogen) atoms. The average molecular weight is 304 g/mol. The Hall–Kier alpha value is -0.480. The third-order valence-corrected chi connectivity index (χ3v) is 1.98. The average Bonchev–Trinajstić information content (AvgIpc) is 1.98. The standard InChI is InChI=1S/C5ClF11/c6-1(7,2(8,9)4(12,13)14)3(10,11)5(15,16)17. The SMILES string of the molecule is FC(F)(F)C(F)(F)C(F)(Cl)C(F)(F)C(F)(F)F. The van der Waals surface area contributed by atoms with Crippen molar-refractivity contribution in [3.8, 4) is 0 Å². The fourth-order valence-electron chi connectivity index (χ4n) is 0.553. The molecule has 0 spiro atoms. The quantitative estimate of drug-likeness (QED) is 0.527. The maximum Gasteiger partial charge on any atom is 0.458 e. The van der Waals surface area contributed by atoms with Gasteiger partial charge in [0.05, 0.1) is 0 Å². The van der Waals surface area contributed by atoms with Crippen molar-refractivity contribution in [3.05, 3.63) is 0 Å². The van der Waals surface area contributed by atoms with Gasteiger partial charge in [-0.15, -0.1) is 0 Å². The second kappa shape index (κ2) is 3.75. The molecule has 0 bridgehead atoms. The fraction of sp³-hybridized carbons (Fsp3) is 1.00. The summed E-state index contributed by atoms with van der Waals surface area (Å²) in [6.45, 7) is 0. The highest BCUT2D eigenvalue weighted by Crippen LogP contribution is 2.58.